The number of rotatable bonds is 85. The van der Waals surface area contributed by atoms with E-state index in [0.717, 1.165) is 48.6 Å². The van der Waals surface area contributed by atoms with Gasteiger partial charge in [-0.05, 0) is 44.0 Å². The zero-order valence-corrected chi connectivity index (χ0v) is 67.0. The summed E-state index contributed by atoms with van der Waals surface area (Å²) >= 11 is 0. The first-order chi connectivity index (χ1) is 55.4. The normalized spacial score (nSPS) is 17.2. The number of ether oxygens (including phenoxy) is 31. The van der Waals surface area contributed by atoms with E-state index in [2.05, 4.69) is 20.4 Å². The van der Waals surface area contributed by atoms with Gasteiger partial charge in [-0.1, -0.05) is 37.8 Å². The lowest BCUT2D eigenvalue weighted by Gasteiger charge is -2.40. The van der Waals surface area contributed by atoms with Gasteiger partial charge in [-0.25, -0.2) is 4.79 Å². The van der Waals surface area contributed by atoms with Crippen LogP contribution < -0.4 is 4.74 Å². The van der Waals surface area contributed by atoms with Crippen molar-refractivity contribution in [3.05, 3.63) is 72.3 Å². The maximum Gasteiger partial charge on any atom is 0.330 e. The molecule has 2 saturated heterocycles. The van der Waals surface area contributed by atoms with Gasteiger partial charge in [0.1, 0.15) is 24.7 Å². The van der Waals surface area contributed by atoms with E-state index < -0.39 is 18.5 Å². The number of phenolic OH excluding ortho intramolecular Hbond substituents is 1. The molecule has 650 valence electrons. The minimum atomic E-state index is -0.485. The fourth-order valence-corrected chi connectivity index (χ4v) is 10.1. The Morgan fingerprint density at radius 1 is 0.312 bits per heavy atom. The van der Waals surface area contributed by atoms with E-state index in [1.165, 1.54) is 0 Å². The van der Waals surface area contributed by atoms with Crippen LogP contribution in [0.1, 0.15) is 63.2 Å². The van der Waals surface area contributed by atoms with Gasteiger partial charge in [-0.15, -0.1) is 0 Å². The Labute approximate surface area is 664 Å². The molecular formula is C79H136O33. The van der Waals surface area contributed by atoms with Crippen molar-refractivity contribution in [2.24, 2.45) is 0 Å². The second kappa shape index (κ2) is 77.0. The molecule has 0 amide bonds. The molecule has 2 aromatic rings. The summed E-state index contributed by atoms with van der Waals surface area (Å²) < 4.78 is 174. The molecule has 0 aliphatic carbocycles. The molecule has 6 unspecified atom stereocenters. The molecule has 33 heteroatoms. The standard InChI is InChI=1S/C79H136O33/c1-4-73-67-76(112-79(110-73)70-6-10-72(80)11-7-70)68-75-66-69(3)109-78(111-75)71-8-12-74(13-9-71)107-64-62-105-60-58-103-56-54-101-52-50-99-48-46-97-44-42-95-40-38-93-36-34-91-32-30-89-28-26-87-24-22-85-20-18-83-16-14-82-15-17-84-19-21-86-23-25-88-27-29-90-31-33-92-35-37-94-39-41-96-43-45-98-47-49-100-51-53-102-55-57-104-59-61-106-63-65-108-77(81)5-2/h5-13,69,73,75-76,78-80H,2,4,14-68H2,1,3H3. The first kappa shape index (κ1) is 100. The van der Waals surface area contributed by atoms with E-state index in [0.29, 0.717) is 337 Å². The SMILES string of the molecule is C=CC(=O)OCCOCCOCCOCCOCCOCCOCCOCCOCCOCCOCCOCCOCCOCCOCCOCCOCCOCCOCCOCCOCCOCCOCCOCCOCCOCCOc1ccc(C2OC(C)CC(CC3CC(CC)OC(c4ccc(O)cc4)O3)O2)cc1. The number of hydrogen-bond acceptors (Lipinski definition) is 33. The molecular weight excluding hydrogens is 1480 g/mol. The topological polar surface area (TPSA) is 323 Å². The number of aromatic hydroxyl groups is 1. The molecule has 0 radical (unpaired) electrons. The summed E-state index contributed by atoms with van der Waals surface area (Å²) in [5.74, 6) is 0.482. The predicted octanol–water partition coefficient (Wildman–Crippen LogP) is 5.78. The van der Waals surface area contributed by atoms with Crippen molar-refractivity contribution in [1.29, 1.82) is 0 Å². The minimum absolute atomic E-state index is 0.0252. The number of benzene rings is 2. The average molecular weight is 1610 g/mol. The molecule has 2 aliphatic rings. The van der Waals surface area contributed by atoms with E-state index in [1.54, 1.807) is 12.1 Å². The van der Waals surface area contributed by atoms with Crippen LogP contribution in [0.3, 0.4) is 0 Å². The zero-order valence-electron chi connectivity index (χ0n) is 67.0. The number of hydrogen-bond donors (Lipinski definition) is 1. The molecule has 33 nitrogen and oxygen atoms in total. The lowest BCUT2D eigenvalue weighted by atomic mass is 9.98. The Morgan fingerprint density at radius 3 is 0.777 bits per heavy atom. The molecule has 2 aliphatic heterocycles. The molecule has 6 atom stereocenters. The Bertz CT molecular complexity index is 2320. The van der Waals surface area contributed by atoms with Gasteiger partial charge >= 0.3 is 5.97 Å². The molecule has 4 rings (SSSR count). The van der Waals surface area contributed by atoms with Crippen LogP contribution in [0.25, 0.3) is 0 Å². The van der Waals surface area contributed by atoms with Gasteiger partial charge in [0, 0.05) is 30.0 Å². The van der Waals surface area contributed by atoms with Crippen molar-refractivity contribution in [2.75, 3.05) is 344 Å². The summed E-state index contributed by atoms with van der Waals surface area (Å²) in [7, 11) is 0. The highest BCUT2D eigenvalue weighted by Gasteiger charge is 2.36. The Kier molecular flexibility index (Phi) is 69.1. The third kappa shape index (κ3) is 61.4. The predicted molar refractivity (Wildman–Crippen MR) is 406 cm³/mol. The monoisotopic (exact) mass is 1610 g/mol. The van der Waals surface area contributed by atoms with E-state index in [-0.39, 0.29) is 36.8 Å². The second-order valence-corrected chi connectivity index (χ2v) is 24.7. The summed E-state index contributed by atoms with van der Waals surface area (Å²) in [6.45, 7) is 31.4. The summed E-state index contributed by atoms with van der Waals surface area (Å²) in [4.78, 5) is 10.9. The van der Waals surface area contributed by atoms with Crippen LogP contribution >= 0.6 is 0 Å². The van der Waals surface area contributed by atoms with Gasteiger partial charge < -0.3 is 152 Å². The van der Waals surface area contributed by atoms with Gasteiger partial charge in [0.25, 0.3) is 0 Å². The first-order valence-corrected chi connectivity index (χ1v) is 39.8. The summed E-state index contributed by atoms with van der Waals surface area (Å²) in [6.07, 6.45) is 3.39. The van der Waals surface area contributed by atoms with Gasteiger partial charge in [0.15, 0.2) is 12.6 Å². The molecule has 0 bridgehead atoms. The third-order valence-corrected chi connectivity index (χ3v) is 15.8. The van der Waals surface area contributed by atoms with Crippen molar-refractivity contribution in [3.8, 4) is 11.5 Å². The molecule has 0 spiro atoms. The molecule has 1 N–H and O–H groups in total. The van der Waals surface area contributed by atoms with Gasteiger partial charge in [0.05, 0.1) is 355 Å². The van der Waals surface area contributed by atoms with Crippen molar-refractivity contribution in [1.82, 2.24) is 0 Å². The third-order valence-electron chi connectivity index (χ3n) is 15.8. The fourth-order valence-electron chi connectivity index (χ4n) is 10.1. The van der Waals surface area contributed by atoms with Crippen molar-refractivity contribution < 1.29 is 157 Å². The highest BCUT2D eigenvalue weighted by atomic mass is 16.7. The van der Waals surface area contributed by atoms with Crippen molar-refractivity contribution >= 4 is 5.97 Å². The summed E-state index contributed by atoms with van der Waals surface area (Å²) in [5.41, 5.74) is 1.82. The zero-order chi connectivity index (χ0) is 79.2. The lowest BCUT2D eigenvalue weighted by Crippen LogP contribution is -2.39. The smallest absolute Gasteiger partial charge is 0.330 e. The maximum atomic E-state index is 10.9. The van der Waals surface area contributed by atoms with E-state index in [4.69, 9.17) is 147 Å². The fraction of sp³-hybridized carbons (Fsp3) is 0.810. The Morgan fingerprint density at radius 2 is 0.527 bits per heavy atom. The maximum absolute atomic E-state index is 10.9. The molecule has 112 heavy (non-hydrogen) atoms. The summed E-state index contributed by atoms with van der Waals surface area (Å²) in [5, 5.41) is 9.75. The van der Waals surface area contributed by atoms with Crippen LogP contribution in [0.5, 0.6) is 11.5 Å². The lowest BCUT2D eigenvalue weighted by molar-refractivity contribution is -0.275. The van der Waals surface area contributed by atoms with Crippen LogP contribution in [-0.4, -0.2) is 379 Å². The highest BCUT2D eigenvalue weighted by molar-refractivity contribution is 5.81. The largest absolute Gasteiger partial charge is 0.508 e. The number of esters is 1. The second-order valence-electron chi connectivity index (χ2n) is 24.7. The molecule has 0 saturated carbocycles. The van der Waals surface area contributed by atoms with Crippen LogP contribution in [-0.2, 0) is 147 Å². The van der Waals surface area contributed by atoms with E-state index >= 15 is 0 Å². The van der Waals surface area contributed by atoms with Gasteiger partial charge in [-0.3, -0.25) is 0 Å². The average Bonchev–Trinajstić information content (AvgIpc) is 0.821. The van der Waals surface area contributed by atoms with Crippen molar-refractivity contribution in [2.45, 2.75) is 76.5 Å². The Hall–Kier alpha value is -3.91. The first-order valence-electron chi connectivity index (χ1n) is 39.8. The van der Waals surface area contributed by atoms with E-state index in [9.17, 15) is 9.90 Å². The quantitative estimate of drug-likeness (QED) is 0.0466. The number of carbonyl (C=O) groups is 1. The molecule has 2 heterocycles. The highest BCUT2D eigenvalue weighted by Crippen LogP contribution is 2.37. The minimum Gasteiger partial charge on any atom is -0.508 e. The number of carbonyl (C=O) groups excluding carboxylic acids is 1. The van der Waals surface area contributed by atoms with Crippen LogP contribution in [0.2, 0.25) is 0 Å². The van der Waals surface area contributed by atoms with Gasteiger partial charge in [0.2, 0.25) is 0 Å². The van der Waals surface area contributed by atoms with Crippen LogP contribution in [0, 0.1) is 0 Å². The van der Waals surface area contributed by atoms with Crippen molar-refractivity contribution in [3.63, 3.8) is 0 Å². The number of phenols is 1. The molecule has 2 fully saturated rings. The van der Waals surface area contributed by atoms with Gasteiger partial charge in [-0.2, -0.15) is 0 Å². The summed E-state index contributed by atoms with van der Waals surface area (Å²) in [6, 6.07) is 14.8. The van der Waals surface area contributed by atoms with E-state index in [1.807, 2.05) is 36.4 Å². The van der Waals surface area contributed by atoms with Crippen LogP contribution in [0.4, 0.5) is 0 Å². The molecule has 0 aromatic heterocycles. The molecule has 2 aromatic carbocycles. The van der Waals surface area contributed by atoms with Crippen LogP contribution in [0.15, 0.2) is 61.2 Å². The Balaban J connectivity index is 0.717.